The van der Waals surface area contributed by atoms with Gasteiger partial charge < -0.3 is 15.2 Å². The van der Waals surface area contributed by atoms with Gasteiger partial charge in [-0.25, -0.2) is 4.79 Å². The highest BCUT2D eigenvalue weighted by Crippen LogP contribution is 2.06. The zero-order chi connectivity index (χ0) is 14.8. The van der Waals surface area contributed by atoms with Gasteiger partial charge in [-0.1, -0.05) is 30.3 Å². The van der Waals surface area contributed by atoms with E-state index in [0.717, 1.165) is 5.56 Å². The molecule has 1 amide bonds. The lowest BCUT2D eigenvalue weighted by atomic mass is 10.2. The quantitative estimate of drug-likeness (QED) is 0.428. The number of rotatable bonds is 8. The number of hydrogen-bond acceptors (Lipinski definition) is 5. The Morgan fingerprint density at radius 1 is 1.15 bits per heavy atom. The van der Waals surface area contributed by atoms with Crippen molar-refractivity contribution in [2.24, 2.45) is 11.5 Å². The molecule has 0 aliphatic heterocycles. The van der Waals surface area contributed by atoms with Crippen molar-refractivity contribution in [1.82, 2.24) is 0 Å². The third kappa shape index (κ3) is 7.38. The van der Waals surface area contributed by atoms with Crippen LogP contribution in [0.1, 0.15) is 31.2 Å². The highest BCUT2D eigenvalue weighted by molar-refractivity contribution is 5.69. The predicted molar refractivity (Wildman–Crippen MR) is 73.3 cm³/mol. The van der Waals surface area contributed by atoms with Crippen molar-refractivity contribution in [3.63, 3.8) is 0 Å². The molecule has 1 rings (SSSR count). The molecule has 0 bridgehead atoms. The molecular formula is C14H20N2O4. The van der Waals surface area contributed by atoms with Crippen molar-refractivity contribution < 1.29 is 19.1 Å². The Kier molecular flexibility index (Phi) is 7.13. The summed E-state index contributed by atoms with van der Waals surface area (Å²) in [6.45, 7) is 0.282. The molecule has 1 unspecified atom stereocenters. The van der Waals surface area contributed by atoms with Crippen molar-refractivity contribution in [1.29, 1.82) is 0 Å². The lowest BCUT2D eigenvalue weighted by molar-refractivity contribution is -0.145. The van der Waals surface area contributed by atoms with E-state index in [-0.39, 0.29) is 12.6 Å². The number of primary amides is 1. The Hall–Kier alpha value is -2.08. The molecule has 0 spiro atoms. The van der Waals surface area contributed by atoms with Gasteiger partial charge in [0.05, 0.1) is 0 Å². The van der Waals surface area contributed by atoms with E-state index in [1.54, 1.807) is 0 Å². The van der Waals surface area contributed by atoms with Gasteiger partial charge in [0.1, 0.15) is 6.61 Å². The van der Waals surface area contributed by atoms with E-state index >= 15 is 0 Å². The summed E-state index contributed by atoms with van der Waals surface area (Å²) < 4.78 is 9.69. The average molecular weight is 280 g/mol. The van der Waals surface area contributed by atoms with Gasteiger partial charge in [-0.05, 0) is 24.8 Å². The molecule has 0 saturated heterocycles. The van der Waals surface area contributed by atoms with E-state index < -0.39 is 12.3 Å². The van der Waals surface area contributed by atoms with Crippen LogP contribution in [0.5, 0.6) is 0 Å². The number of carbonyl (C=O) groups excluding carboxylic acids is 2. The molecule has 1 atom stereocenters. The summed E-state index contributed by atoms with van der Waals surface area (Å²) in [6.07, 6.45) is 0.469. The van der Waals surface area contributed by atoms with Gasteiger partial charge in [0, 0.05) is 6.42 Å². The number of esters is 1. The maximum absolute atomic E-state index is 11.5. The molecule has 1 aromatic rings. The van der Waals surface area contributed by atoms with Crippen LogP contribution in [0.3, 0.4) is 0 Å². The minimum atomic E-state index is -0.889. The third-order valence-corrected chi connectivity index (χ3v) is 2.63. The predicted octanol–water partition coefficient (Wildman–Crippen LogP) is 1.67. The third-order valence-electron chi connectivity index (χ3n) is 2.63. The summed E-state index contributed by atoms with van der Waals surface area (Å²) in [7, 11) is 0. The summed E-state index contributed by atoms with van der Waals surface area (Å²) in [5, 5.41) is 0. The van der Waals surface area contributed by atoms with Gasteiger partial charge in [0.2, 0.25) is 0 Å². The van der Waals surface area contributed by atoms with Crippen LogP contribution in [-0.4, -0.2) is 18.3 Å². The van der Waals surface area contributed by atoms with Crippen molar-refractivity contribution in [2.75, 3.05) is 0 Å². The van der Waals surface area contributed by atoms with Gasteiger partial charge in [-0.2, -0.15) is 0 Å². The van der Waals surface area contributed by atoms with Gasteiger partial charge in [0.25, 0.3) is 0 Å². The Morgan fingerprint density at radius 2 is 1.85 bits per heavy atom. The molecule has 4 N–H and O–H groups in total. The molecule has 1 aromatic carbocycles. The van der Waals surface area contributed by atoms with Crippen LogP contribution in [0.25, 0.3) is 0 Å². The van der Waals surface area contributed by atoms with E-state index in [1.165, 1.54) is 0 Å². The SMILES string of the molecule is NC(=O)OC(N)CCCCC(=O)OCc1ccccc1. The highest BCUT2D eigenvalue weighted by atomic mass is 16.6. The fraction of sp³-hybridized carbons (Fsp3) is 0.429. The molecule has 0 saturated carbocycles. The number of ether oxygens (including phenoxy) is 2. The summed E-state index contributed by atoms with van der Waals surface area (Å²) in [5.74, 6) is -0.252. The van der Waals surface area contributed by atoms with Crippen LogP contribution in [-0.2, 0) is 20.9 Å². The van der Waals surface area contributed by atoms with Crippen LogP contribution < -0.4 is 11.5 Å². The van der Waals surface area contributed by atoms with E-state index in [2.05, 4.69) is 4.74 Å². The zero-order valence-electron chi connectivity index (χ0n) is 11.3. The van der Waals surface area contributed by atoms with E-state index in [1.807, 2.05) is 30.3 Å². The van der Waals surface area contributed by atoms with Crippen molar-refractivity contribution in [2.45, 2.75) is 38.5 Å². The fourth-order valence-corrected chi connectivity index (χ4v) is 1.63. The fourth-order valence-electron chi connectivity index (χ4n) is 1.63. The number of carbonyl (C=O) groups is 2. The minimum Gasteiger partial charge on any atom is -0.461 e. The molecule has 0 aliphatic carbocycles. The van der Waals surface area contributed by atoms with Gasteiger partial charge in [-0.15, -0.1) is 0 Å². The second-order valence-electron chi connectivity index (χ2n) is 4.37. The molecule has 0 fully saturated rings. The van der Waals surface area contributed by atoms with Gasteiger partial charge in [0.15, 0.2) is 6.23 Å². The summed E-state index contributed by atoms with van der Waals surface area (Å²) in [6, 6.07) is 9.48. The first-order chi connectivity index (χ1) is 9.58. The molecule has 6 heteroatoms. The number of unbranched alkanes of at least 4 members (excludes halogenated alkanes) is 1. The Bertz CT molecular complexity index is 422. The van der Waals surface area contributed by atoms with E-state index in [0.29, 0.717) is 25.7 Å². The van der Waals surface area contributed by atoms with Crippen LogP contribution in [0.2, 0.25) is 0 Å². The molecule has 0 heterocycles. The summed E-state index contributed by atoms with van der Waals surface area (Å²) in [5.41, 5.74) is 11.3. The van der Waals surface area contributed by atoms with Crippen LogP contribution in [0.4, 0.5) is 4.79 Å². The number of amides is 1. The van der Waals surface area contributed by atoms with Crippen LogP contribution in [0, 0.1) is 0 Å². The van der Waals surface area contributed by atoms with E-state index in [4.69, 9.17) is 16.2 Å². The second-order valence-corrected chi connectivity index (χ2v) is 4.37. The first-order valence-corrected chi connectivity index (χ1v) is 6.49. The number of nitrogens with two attached hydrogens (primary N) is 2. The summed E-state index contributed by atoms with van der Waals surface area (Å²) in [4.78, 5) is 21.9. The highest BCUT2D eigenvalue weighted by Gasteiger charge is 2.07. The van der Waals surface area contributed by atoms with Crippen molar-refractivity contribution in [3.05, 3.63) is 35.9 Å². The molecular weight excluding hydrogens is 260 g/mol. The lowest BCUT2D eigenvalue weighted by Gasteiger charge is -2.10. The van der Waals surface area contributed by atoms with E-state index in [9.17, 15) is 9.59 Å². The van der Waals surface area contributed by atoms with Crippen LogP contribution >= 0.6 is 0 Å². The molecule has 0 radical (unpaired) electrons. The Balaban J connectivity index is 2.07. The Morgan fingerprint density at radius 3 is 2.50 bits per heavy atom. The van der Waals surface area contributed by atoms with Crippen molar-refractivity contribution in [3.8, 4) is 0 Å². The molecule has 0 aliphatic rings. The summed E-state index contributed by atoms with van der Waals surface area (Å²) >= 11 is 0. The monoisotopic (exact) mass is 280 g/mol. The smallest absolute Gasteiger partial charge is 0.406 e. The lowest BCUT2D eigenvalue weighted by Crippen LogP contribution is -2.29. The molecule has 0 aromatic heterocycles. The van der Waals surface area contributed by atoms with Crippen LogP contribution in [0.15, 0.2) is 30.3 Å². The average Bonchev–Trinajstić information content (AvgIpc) is 2.42. The second kappa shape index (κ2) is 8.92. The van der Waals surface area contributed by atoms with Crippen molar-refractivity contribution >= 4 is 12.1 Å². The first kappa shape index (κ1) is 16.0. The standard InChI is InChI=1S/C14H20N2O4/c15-12(20-14(16)18)8-4-5-9-13(17)19-10-11-6-2-1-3-7-11/h1-3,6-7,12H,4-5,8-10,15H2,(H2,16,18). The van der Waals surface area contributed by atoms with Gasteiger partial charge >= 0.3 is 12.1 Å². The normalized spacial score (nSPS) is 11.7. The molecule has 110 valence electrons. The first-order valence-electron chi connectivity index (χ1n) is 6.49. The molecule has 20 heavy (non-hydrogen) atoms. The molecule has 6 nitrogen and oxygen atoms in total. The van der Waals surface area contributed by atoms with Gasteiger partial charge in [-0.3, -0.25) is 10.5 Å². The maximum Gasteiger partial charge on any atom is 0.406 e. The number of hydrogen-bond donors (Lipinski definition) is 2. The number of benzene rings is 1. The minimum absolute atomic E-state index is 0.252. The zero-order valence-corrected chi connectivity index (χ0v) is 11.3. The maximum atomic E-state index is 11.5. The largest absolute Gasteiger partial charge is 0.461 e. The topological polar surface area (TPSA) is 105 Å². The Labute approximate surface area is 118 Å².